The minimum atomic E-state index is -0.954. The molecular formula is C22H26N4O8. The first kappa shape index (κ1) is 27.6. The molecule has 182 valence electrons. The van der Waals surface area contributed by atoms with Crippen molar-refractivity contribution >= 4 is 47.8 Å². The van der Waals surface area contributed by atoms with E-state index >= 15 is 0 Å². The van der Waals surface area contributed by atoms with E-state index in [1.54, 1.807) is 13.8 Å². The lowest BCUT2D eigenvalue weighted by atomic mass is 10.2. The van der Waals surface area contributed by atoms with Crippen molar-refractivity contribution in [3.63, 3.8) is 0 Å². The van der Waals surface area contributed by atoms with Gasteiger partial charge in [-0.15, -0.1) is 0 Å². The number of imide groups is 2. The number of hydrogen-bond acceptors (Lipinski definition) is 10. The van der Waals surface area contributed by atoms with Gasteiger partial charge in [-0.25, -0.2) is 9.59 Å². The number of carbonyl (C=O) groups excluding carboxylic acids is 4. The van der Waals surface area contributed by atoms with Gasteiger partial charge < -0.3 is 19.7 Å². The summed E-state index contributed by atoms with van der Waals surface area (Å²) >= 11 is 0. The number of aliphatic imine (C=N–C) groups is 2. The summed E-state index contributed by atoms with van der Waals surface area (Å²) in [5, 5.41) is 23.3. The lowest BCUT2D eigenvalue weighted by molar-refractivity contribution is -0.117. The van der Waals surface area contributed by atoms with Crippen LogP contribution in [-0.4, -0.2) is 59.9 Å². The van der Waals surface area contributed by atoms with Crippen LogP contribution >= 0.6 is 0 Å². The van der Waals surface area contributed by atoms with E-state index in [4.69, 9.17) is 0 Å². The van der Waals surface area contributed by atoms with Gasteiger partial charge in [0.2, 0.25) is 0 Å². The highest BCUT2D eigenvalue weighted by Crippen LogP contribution is 2.19. The van der Waals surface area contributed by atoms with Crippen molar-refractivity contribution in [1.82, 2.24) is 10.6 Å². The summed E-state index contributed by atoms with van der Waals surface area (Å²) in [7, 11) is 0. The Balaban J connectivity index is 2.93. The number of benzene rings is 1. The van der Waals surface area contributed by atoms with E-state index in [-0.39, 0.29) is 35.9 Å². The molecule has 4 N–H and O–H groups in total. The molecule has 1 aromatic carbocycles. The van der Waals surface area contributed by atoms with Crippen LogP contribution < -0.4 is 10.6 Å². The summed E-state index contributed by atoms with van der Waals surface area (Å²) in [4.78, 5) is 55.1. The van der Waals surface area contributed by atoms with Crippen LogP contribution in [0.4, 0.5) is 21.0 Å². The first-order valence-electron chi connectivity index (χ1n) is 10.0. The third-order valence-corrected chi connectivity index (χ3v) is 3.79. The van der Waals surface area contributed by atoms with Crippen LogP contribution in [0.3, 0.4) is 0 Å². The Morgan fingerprint density at radius 2 is 1.09 bits per heavy atom. The van der Waals surface area contributed by atoms with E-state index in [0.717, 1.165) is 12.4 Å². The average Bonchev–Trinajstić information content (AvgIpc) is 2.74. The highest BCUT2D eigenvalue weighted by molar-refractivity contribution is 6.17. The molecule has 12 heteroatoms. The molecule has 0 spiro atoms. The molecular weight excluding hydrogens is 448 g/mol. The maximum absolute atomic E-state index is 12.1. The number of allylic oxidation sites excluding steroid dienone is 2. The zero-order chi connectivity index (χ0) is 25.7. The second-order valence-corrected chi connectivity index (χ2v) is 6.38. The van der Waals surface area contributed by atoms with Crippen molar-refractivity contribution in [3.05, 3.63) is 46.9 Å². The molecule has 0 radical (unpaired) electrons. The Morgan fingerprint density at radius 3 is 1.35 bits per heavy atom. The minimum Gasteiger partial charge on any atom is -0.512 e. The fourth-order valence-electron chi connectivity index (χ4n) is 2.19. The topological polar surface area (TPSA) is 176 Å². The lowest BCUT2D eigenvalue weighted by Gasteiger charge is -2.06. The number of carbonyl (C=O) groups is 4. The predicted molar refractivity (Wildman–Crippen MR) is 124 cm³/mol. The minimum absolute atomic E-state index is 0.0738. The highest BCUT2D eigenvalue weighted by Gasteiger charge is 2.16. The molecule has 0 heterocycles. The van der Waals surface area contributed by atoms with Crippen LogP contribution in [0.5, 0.6) is 0 Å². The molecule has 0 aliphatic carbocycles. The Labute approximate surface area is 195 Å². The number of rotatable bonds is 8. The Morgan fingerprint density at radius 1 is 0.765 bits per heavy atom. The van der Waals surface area contributed by atoms with Gasteiger partial charge >= 0.3 is 12.2 Å². The second kappa shape index (κ2) is 13.8. The summed E-state index contributed by atoms with van der Waals surface area (Å²) in [5.41, 5.74) is 0.290. The highest BCUT2D eigenvalue weighted by atomic mass is 16.6. The van der Waals surface area contributed by atoms with Gasteiger partial charge in [0, 0.05) is 12.4 Å². The maximum atomic E-state index is 12.1. The quantitative estimate of drug-likeness (QED) is 0.252. The van der Waals surface area contributed by atoms with Gasteiger partial charge in [-0.1, -0.05) is 0 Å². The molecule has 0 aliphatic heterocycles. The van der Waals surface area contributed by atoms with Crippen LogP contribution in [0.1, 0.15) is 27.7 Å². The number of alkyl carbamates (subject to hydrolysis) is 2. The summed E-state index contributed by atoms with van der Waals surface area (Å²) in [6.45, 7) is 5.82. The van der Waals surface area contributed by atoms with Crippen LogP contribution in [-0.2, 0) is 19.1 Å². The van der Waals surface area contributed by atoms with Crippen molar-refractivity contribution in [1.29, 1.82) is 0 Å². The first-order valence-corrected chi connectivity index (χ1v) is 10.0. The molecule has 0 bridgehead atoms. The van der Waals surface area contributed by atoms with Gasteiger partial charge in [-0.05, 0) is 52.0 Å². The van der Waals surface area contributed by atoms with Crippen molar-refractivity contribution in [3.8, 4) is 0 Å². The molecule has 0 saturated heterocycles. The molecule has 34 heavy (non-hydrogen) atoms. The smallest absolute Gasteiger partial charge is 0.414 e. The molecule has 0 aliphatic rings. The van der Waals surface area contributed by atoms with Gasteiger partial charge in [-0.2, -0.15) is 0 Å². The number of ether oxygens (including phenoxy) is 2. The SMILES string of the molecule is CCOC(=O)NC(=O)/C(C=Nc1ccc(N=C/C(C(=O)NC(=O)OCC)=C(\C)O)cc1)=C(/C)O. The molecule has 0 unspecified atom stereocenters. The van der Waals surface area contributed by atoms with Crippen LogP contribution in [0.15, 0.2) is 56.9 Å². The molecule has 4 amide bonds. The number of aliphatic hydroxyl groups excluding tert-OH is 2. The molecule has 0 fully saturated rings. The Hall–Kier alpha value is -4.48. The summed E-state index contributed by atoms with van der Waals surface area (Å²) in [6.07, 6.45) is 0.254. The van der Waals surface area contributed by atoms with E-state index in [2.05, 4.69) is 19.5 Å². The predicted octanol–water partition coefficient (Wildman–Crippen LogP) is 3.30. The zero-order valence-corrected chi connectivity index (χ0v) is 19.1. The number of amides is 4. The molecule has 0 saturated carbocycles. The van der Waals surface area contributed by atoms with Crippen LogP contribution in [0.25, 0.3) is 0 Å². The summed E-state index contributed by atoms with van der Waals surface area (Å²) in [5.74, 6) is -2.48. The zero-order valence-electron chi connectivity index (χ0n) is 19.1. The van der Waals surface area contributed by atoms with Crippen molar-refractivity contribution < 1.29 is 38.9 Å². The number of hydrogen-bond donors (Lipinski definition) is 4. The van der Waals surface area contributed by atoms with Crippen molar-refractivity contribution in [2.45, 2.75) is 27.7 Å². The van der Waals surface area contributed by atoms with Gasteiger partial charge in [0.05, 0.1) is 35.7 Å². The van der Waals surface area contributed by atoms with Gasteiger partial charge in [0.1, 0.15) is 11.5 Å². The summed E-state index contributed by atoms with van der Waals surface area (Å²) in [6, 6.07) is 6.13. The van der Waals surface area contributed by atoms with E-state index < -0.39 is 24.0 Å². The average molecular weight is 474 g/mol. The van der Waals surface area contributed by atoms with Crippen LogP contribution in [0, 0.1) is 0 Å². The standard InChI is InChI=1S/C22H26N4O8/c1-5-33-21(31)25-19(29)17(13(3)27)11-23-15-7-9-16(10-8-15)24-12-18(14(4)28)20(30)26-22(32)34-6-2/h7-12,27-28H,5-6H2,1-4H3,(H,25,29,31)(H,26,30,32)/b17-13-,18-14-,23-11?,24-12?. The fourth-order valence-corrected chi connectivity index (χ4v) is 2.19. The fraction of sp³-hybridized carbons (Fsp3) is 0.273. The van der Waals surface area contributed by atoms with Gasteiger partial charge in [0.25, 0.3) is 11.8 Å². The van der Waals surface area contributed by atoms with Gasteiger partial charge in [-0.3, -0.25) is 30.2 Å². The monoisotopic (exact) mass is 474 g/mol. The molecule has 0 aromatic heterocycles. The Bertz CT molecular complexity index is 948. The second-order valence-electron chi connectivity index (χ2n) is 6.38. The largest absolute Gasteiger partial charge is 0.512 e. The van der Waals surface area contributed by atoms with E-state index in [1.165, 1.54) is 38.1 Å². The third kappa shape index (κ3) is 9.34. The van der Waals surface area contributed by atoms with E-state index in [1.807, 2.05) is 10.6 Å². The van der Waals surface area contributed by atoms with E-state index in [0.29, 0.717) is 11.4 Å². The molecule has 12 nitrogen and oxygen atoms in total. The van der Waals surface area contributed by atoms with Crippen molar-refractivity contribution in [2.75, 3.05) is 13.2 Å². The third-order valence-electron chi connectivity index (χ3n) is 3.79. The van der Waals surface area contributed by atoms with Crippen LogP contribution in [0.2, 0.25) is 0 Å². The molecule has 1 aromatic rings. The van der Waals surface area contributed by atoms with E-state index in [9.17, 15) is 29.4 Å². The number of nitrogens with one attached hydrogen (secondary N) is 2. The van der Waals surface area contributed by atoms with Crippen molar-refractivity contribution in [2.24, 2.45) is 9.98 Å². The first-order chi connectivity index (χ1) is 16.1. The summed E-state index contributed by atoms with van der Waals surface area (Å²) < 4.78 is 9.24. The number of nitrogens with zero attached hydrogens (tertiary/aromatic N) is 2. The van der Waals surface area contributed by atoms with Gasteiger partial charge in [0.15, 0.2) is 0 Å². The number of aliphatic hydroxyl groups is 2. The lowest BCUT2D eigenvalue weighted by Crippen LogP contribution is -2.33. The molecule has 0 atom stereocenters. The normalized spacial score (nSPS) is 12.6. The molecule has 1 rings (SSSR count). The Kier molecular flexibility index (Phi) is 11.2. The maximum Gasteiger partial charge on any atom is 0.414 e.